The zero-order chi connectivity index (χ0) is 18.6. The van der Waals surface area contributed by atoms with Gasteiger partial charge in [0.25, 0.3) is 0 Å². The van der Waals surface area contributed by atoms with E-state index in [1.807, 2.05) is 12.1 Å². The largest absolute Gasteiger partial charge is 0.354 e. The third-order valence-electron chi connectivity index (χ3n) is 6.08. The van der Waals surface area contributed by atoms with Gasteiger partial charge in [-0.2, -0.15) is 0 Å². The number of aromatic nitrogens is 1. The fourth-order valence-electron chi connectivity index (χ4n) is 4.42. The molecule has 146 valence electrons. The Morgan fingerprint density at radius 3 is 2.59 bits per heavy atom. The molecule has 0 radical (unpaired) electrons. The predicted octanol–water partition coefficient (Wildman–Crippen LogP) is 0.723. The first-order chi connectivity index (χ1) is 13.2. The summed E-state index contributed by atoms with van der Waals surface area (Å²) in [6, 6.07) is 3.93. The van der Waals surface area contributed by atoms with E-state index < -0.39 is 0 Å². The van der Waals surface area contributed by atoms with Gasteiger partial charge in [0.05, 0.1) is 5.92 Å². The number of rotatable bonds is 4. The van der Waals surface area contributed by atoms with E-state index in [4.69, 9.17) is 0 Å². The minimum Gasteiger partial charge on any atom is -0.354 e. The quantitative estimate of drug-likeness (QED) is 0.760. The second kappa shape index (κ2) is 8.35. The van der Waals surface area contributed by atoms with Crippen molar-refractivity contribution >= 4 is 17.6 Å². The third kappa shape index (κ3) is 4.47. The Kier molecular flexibility index (Phi) is 5.69. The third-order valence-corrected chi connectivity index (χ3v) is 6.08. The van der Waals surface area contributed by atoms with Crippen molar-refractivity contribution in [1.29, 1.82) is 0 Å². The van der Waals surface area contributed by atoms with Gasteiger partial charge in [0.15, 0.2) is 0 Å². The van der Waals surface area contributed by atoms with Gasteiger partial charge in [-0.15, -0.1) is 0 Å². The van der Waals surface area contributed by atoms with Crippen LogP contribution in [-0.4, -0.2) is 67.5 Å². The van der Waals surface area contributed by atoms with Gasteiger partial charge < -0.3 is 10.2 Å². The van der Waals surface area contributed by atoms with Gasteiger partial charge in [0, 0.05) is 45.3 Å². The average Bonchev–Trinajstić information content (AvgIpc) is 2.69. The van der Waals surface area contributed by atoms with Crippen molar-refractivity contribution in [2.75, 3.05) is 50.7 Å². The van der Waals surface area contributed by atoms with Crippen molar-refractivity contribution in [2.45, 2.75) is 31.6 Å². The maximum Gasteiger partial charge on any atom is 0.234 e. The van der Waals surface area contributed by atoms with E-state index in [1.165, 1.54) is 19.4 Å². The van der Waals surface area contributed by atoms with Gasteiger partial charge in [-0.05, 0) is 56.0 Å². The fraction of sp³-hybridized carbons (Fsp3) is 0.650. The highest BCUT2D eigenvalue weighted by atomic mass is 16.2. The fourth-order valence-corrected chi connectivity index (χ4v) is 4.42. The summed E-state index contributed by atoms with van der Waals surface area (Å²) in [6.45, 7) is 7.58. The number of imide groups is 1. The molecule has 7 nitrogen and oxygen atoms in total. The van der Waals surface area contributed by atoms with Crippen molar-refractivity contribution in [3.05, 3.63) is 23.9 Å². The average molecular weight is 371 g/mol. The summed E-state index contributed by atoms with van der Waals surface area (Å²) in [7, 11) is 0. The van der Waals surface area contributed by atoms with Crippen LogP contribution in [0.4, 0.5) is 5.82 Å². The smallest absolute Gasteiger partial charge is 0.234 e. The molecule has 27 heavy (non-hydrogen) atoms. The standard InChI is InChI=1S/C20H29N5O2/c26-19-2-1-17(20(27)23-19)16-5-8-22-18(13-16)25-11-9-24(10-12-25)14-15-3-6-21-7-4-15/h5,8,13,15,17,21H,1-4,6-7,9-12,14H2,(H,23,26,27). The highest BCUT2D eigenvalue weighted by Crippen LogP contribution is 2.27. The minimum atomic E-state index is -0.245. The number of anilines is 1. The van der Waals surface area contributed by atoms with Crippen molar-refractivity contribution < 1.29 is 9.59 Å². The minimum absolute atomic E-state index is 0.171. The SMILES string of the molecule is O=C1CCC(c2ccnc(N3CCN(CC4CCNCC4)CC3)c2)C(=O)N1. The molecule has 1 aromatic rings. The van der Waals surface area contributed by atoms with E-state index in [2.05, 4.69) is 25.4 Å². The Morgan fingerprint density at radius 2 is 1.85 bits per heavy atom. The van der Waals surface area contributed by atoms with Crippen molar-refractivity contribution in [3.63, 3.8) is 0 Å². The van der Waals surface area contributed by atoms with E-state index in [9.17, 15) is 9.59 Å². The Labute approximate surface area is 160 Å². The van der Waals surface area contributed by atoms with Crippen LogP contribution in [0, 0.1) is 5.92 Å². The lowest BCUT2D eigenvalue weighted by molar-refractivity contribution is -0.134. The number of hydrogen-bond donors (Lipinski definition) is 2. The van der Waals surface area contributed by atoms with Crippen LogP contribution in [0.2, 0.25) is 0 Å². The number of piperidine rings is 2. The summed E-state index contributed by atoms with van der Waals surface area (Å²) in [4.78, 5) is 33.0. The molecule has 4 heterocycles. The van der Waals surface area contributed by atoms with E-state index in [0.717, 1.165) is 56.6 Å². The molecule has 4 rings (SSSR count). The zero-order valence-electron chi connectivity index (χ0n) is 15.8. The molecule has 2 amide bonds. The van der Waals surface area contributed by atoms with E-state index in [-0.39, 0.29) is 17.7 Å². The summed E-state index contributed by atoms with van der Waals surface area (Å²) in [5, 5.41) is 5.88. The van der Waals surface area contributed by atoms with Gasteiger partial charge in [0.1, 0.15) is 5.82 Å². The lowest BCUT2D eigenvalue weighted by Crippen LogP contribution is -2.49. The number of amides is 2. The zero-order valence-corrected chi connectivity index (χ0v) is 15.8. The number of carbonyl (C=O) groups is 2. The predicted molar refractivity (Wildman–Crippen MR) is 104 cm³/mol. The molecular formula is C20H29N5O2. The number of pyridine rings is 1. The molecule has 1 unspecified atom stereocenters. The van der Waals surface area contributed by atoms with E-state index in [0.29, 0.717) is 12.8 Å². The normalized spacial score (nSPS) is 25.5. The Morgan fingerprint density at radius 1 is 1.07 bits per heavy atom. The Bertz CT molecular complexity index is 681. The summed E-state index contributed by atoms with van der Waals surface area (Å²) in [5.41, 5.74) is 0.960. The number of hydrogen-bond acceptors (Lipinski definition) is 6. The molecule has 7 heteroatoms. The molecule has 0 bridgehead atoms. The van der Waals surface area contributed by atoms with Crippen LogP contribution >= 0.6 is 0 Å². The van der Waals surface area contributed by atoms with E-state index in [1.54, 1.807) is 6.20 Å². The first-order valence-corrected chi connectivity index (χ1v) is 10.2. The molecule has 3 saturated heterocycles. The highest BCUT2D eigenvalue weighted by molar-refractivity contribution is 6.00. The molecule has 1 aromatic heterocycles. The molecule has 3 aliphatic heterocycles. The van der Waals surface area contributed by atoms with Crippen LogP contribution in [-0.2, 0) is 9.59 Å². The molecular weight excluding hydrogens is 342 g/mol. The van der Waals surface area contributed by atoms with Crippen LogP contribution in [0.5, 0.6) is 0 Å². The lowest BCUT2D eigenvalue weighted by Gasteiger charge is -2.38. The molecule has 3 fully saturated rings. The summed E-state index contributed by atoms with van der Waals surface area (Å²) >= 11 is 0. The maximum atomic E-state index is 12.1. The first-order valence-electron chi connectivity index (χ1n) is 10.2. The molecule has 1 atom stereocenters. The number of nitrogens with one attached hydrogen (secondary N) is 2. The number of carbonyl (C=O) groups excluding carboxylic acids is 2. The maximum absolute atomic E-state index is 12.1. The summed E-state index contributed by atoms with van der Waals surface area (Å²) in [5.74, 6) is 1.17. The second-order valence-electron chi connectivity index (χ2n) is 7.93. The van der Waals surface area contributed by atoms with Crippen LogP contribution in [0.3, 0.4) is 0 Å². The number of piperazine rings is 1. The molecule has 0 spiro atoms. The molecule has 0 saturated carbocycles. The van der Waals surface area contributed by atoms with Gasteiger partial charge in [-0.25, -0.2) is 4.98 Å². The Hall–Kier alpha value is -1.99. The van der Waals surface area contributed by atoms with Gasteiger partial charge in [0.2, 0.25) is 11.8 Å². The van der Waals surface area contributed by atoms with Gasteiger partial charge >= 0.3 is 0 Å². The van der Waals surface area contributed by atoms with Crippen LogP contribution in [0.25, 0.3) is 0 Å². The molecule has 3 aliphatic rings. The van der Waals surface area contributed by atoms with Crippen LogP contribution < -0.4 is 15.5 Å². The molecule has 0 aliphatic carbocycles. The van der Waals surface area contributed by atoms with Crippen molar-refractivity contribution in [1.82, 2.24) is 20.5 Å². The van der Waals surface area contributed by atoms with Gasteiger partial charge in [-0.1, -0.05) is 0 Å². The Balaban J connectivity index is 1.34. The molecule has 0 aromatic carbocycles. The summed E-state index contributed by atoms with van der Waals surface area (Å²) in [6.07, 6.45) is 5.35. The first kappa shape index (κ1) is 18.4. The second-order valence-corrected chi connectivity index (χ2v) is 7.93. The molecule has 2 N–H and O–H groups in total. The highest BCUT2D eigenvalue weighted by Gasteiger charge is 2.29. The van der Waals surface area contributed by atoms with Crippen LogP contribution in [0.1, 0.15) is 37.2 Å². The van der Waals surface area contributed by atoms with E-state index >= 15 is 0 Å². The van der Waals surface area contributed by atoms with Crippen molar-refractivity contribution in [2.24, 2.45) is 5.92 Å². The van der Waals surface area contributed by atoms with Crippen LogP contribution in [0.15, 0.2) is 18.3 Å². The van der Waals surface area contributed by atoms with Gasteiger partial charge in [-0.3, -0.25) is 19.8 Å². The lowest BCUT2D eigenvalue weighted by atomic mass is 9.91. The number of nitrogens with zero attached hydrogens (tertiary/aromatic N) is 3. The monoisotopic (exact) mass is 371 g/mol. The summed E-state index contributed by atoms with van der Waals surface area (Å²) < 4.78 is 0. The topological polar surface area (TPSA) is 77.6 Å². The van der Waals surface area contributed by atoms with Crippen molar-refractivity contribution in [3.8, 4) is 0 Å².